The van der Waals surface area contributed by atoms with Gasteiger partial charge in [-0.15, -0.1) is 0 Å². The molecule has 0 radical (unpaired) electrons. The van der Waals surface area contributed by atoms with Gasteiger partial charge in [0, 0.05) is 5.56 Å². The predicted molar refractivity (Wildman–Crippen MR) is 108 cm³/mol. The molecule has 146 valence electrons. The number of ether oxygens (including phenoxy) is 1. The van der Waals surface area contributed by atoms with Crippen LogP contribution in [0.4, 0.5) is 11.4 Å². The Morgan fingerprint density at radius 3 is 2.36 bits per heavy atom. The van der Waals surface area contributed by atoms with Gasteiger partial charge in [-0.25, -0.2) is 0 Å². The summed E-state index contributed by atoms with van der Waals surface area (Å²) in [6.45, 7) is 7.48. The molecule has 1 aliphatic heterocycles. The normalized spacial score (nSPS) is 13.4. The number of carbonyl (C=O) groups is 3. The number of amides is 2. The molecule has 0 bridgehead atoms. The second kappa shape index (κ2) is 7.84. The summed E-state index contributed by atoms with van der Waals surface area (Å²) in [5.41, 5.74) is 4.65. The predicted octanol–water partition coefficient (Wildman–Crippen LogP) is 3.17. The first-order chi connectivity index (χ1) is 13.3. The van der Waals surface area contributed by atoms with Crippen LogP contribution in [0, 0.1) is 20.8 Å². The first kappa shape index (κ1) is 19.6. The Morgan fingerprint density at radius 2 is 1.71 bits per heavy atom. The average molecular weight is 380 g/mol. The molecule has 2 aromatic carbocycles. The van der Waals surface area contributed by atoms with Gasteiger partial charge in [-0.1, -0.05) is 17.7 Å². The lowest BCUT2D eigenvalue weighted by atomic mass is 10.0. The number of rotatable bonds is 4. The highest BCUT2D eigenvalue weighted by molar-refractivity contribution is 6.16. The van der Waals surface area contributed by atoms with Crippen LogP contribution in [0.25, 0.3) is 0 Å². The van der Waals surface area contributed by atoms with Crippen molar-refractivity contribution >= 4 is 29.2 Å². The standard InChI is InChI=1S/C22H24N2O4/c1-5-28-21(26)13-23-18-10-15(3)16(4)11-19(18)24(12-20(23)25)22(27)17-8-6-7-14(2)9-17/h6-11H,5,12-13H2,1-4H3. The molecule has 28 heavy (non-hydrogen) atoms. The van der Waals surface area contributed by atoms with E-state index in [9.17, 15) is 14.4 Å². The molecule has 0 saturated heterocycles. The summed E-state index contributed by atoms with van der Waals surface area (Å²) in [4.78, 5) is 40.9. The fourth-order valence-corrected chi connectivity index (χ4v) is 3.28. The van der Waals surface area contributed by atoms with Crippen molar-refractivity contribution in [2.75, 3.05) is 29.5 Å². The number of hydrogen-bond donors (Lipinski definition) is 0. The molecule has 2 aromatic rings. The van der Waals surface area contributed by atoms with Crippen LogP contribution >= 0.6 is 0 Å². The summed E-state index contributed by atoms with van der Waals surface area (Å²) in [6.07, 6.45) is 0. The van der Waals surface area contributed by atoms with Crippen LogP contribution < -0.4 is 9.80 Å². The third kappa shape index (κ3) is 3.76. The minimum absolute atomic E-state index is 0.123. The van der Waals surface area contributed by atoms with Gasteiger partial charge in [0.1, 0.15) is 13.1 Å². The molecular formula is C22H24N2O4. The SMILES string of the molecule is CCOC(=O)CN1C(=O)CN(C(=O)c2cccc(C)c2)c2cc(C)c(C)cc21. The van der Waals surface area contributed by atoms with Gasteiger partial charge in [-0.3, -0.25) is 24.2 Å². The van der Waals surface area contributed by atoms with E-state index in [1.54, 1.807) is 19.1 Å². The fourth-order valence-electron chi connectivity index (χ4n) is 3.28. The van der Waals surface area contributed by atoms with Gasteiger partial charge in [-0.2, -0.15) is 0 Å². The summed E-state index contributed by atoms with van der Waals surface area (Å²) in [7, 11) is 0. The third-order valence-electron chi connectivity index (χ3n) is 4.87. The summed E-state index contributed by atoms with van der Waals surface area (Å²) in [5.74, 6) is -1.03. The Hall–Kier alpha value is -3.15. The molecule has 1 aliphatic rings. The van der Waals surface area contributed by atoms with Crippen LogP contribution in [0.1, 0.15) is 34.0 Å². The van der Waals surface area contributed by atoms with Crippen LogP contribution in [0.2, 0.25) is 0 Å². The van der Waals surface area contributed by atoms with E-state index in [1.165, 1.54) is 9.80 Å². The molecule has 0 atom stereocenters. The van der Waals surface area contributed by atoms with Gasteiger partial charge >= 0.3 is 5.97 Å². The van der Waals surface area contributed by atoms with Crippen molar-refractivity contribution in [3.63, 3.8) is 0 Å². The second-order valence-corrected chi connectivity index (χ2v) is 6.97. The van der Waals surface area contributed by atoms with E-state index in [0.29, 0.717) is 16.9 Å². The number of nitrogens with zero attached hydrogens (tertiary/aromatic N) is 2. The maximum absolute atomic E-state index is 13.2. The van der Waals surface area contributed by atoms with Crippen molar-refractivity contribution in [2.45, 2.75) is 27.7 Å². The lowest BCUT2D eigenvalue weighted by Crippen LogP contribution is -2.50. The maximum atomic E-state index is 13.2. The smallest absolute Gasteiger partial charge is 0.326 e. The Labute approximate surface area is 164 Å². The van der Waals surface area contributed by atoms with Gasteiger partial charge in [0.15, 0.2) is 0 Å². The van der Waals surface area contributed by atoms with Gasteiger partial charge in [0.05, 0.1) is 18.0 Å². The summed E-state index contributed by atoms with van der Waals surface area (Å²) >= 11 is 0. The molecule has 2 amide bonds. The highest BCUT2D eigenvalue weighted by atomic mass is 16.5. The molecular weight excluding hydrogens is 356 g/mol. The number of hydrogen-bond acceptors (Lipinski definition) is 4. The van der Waals surface area contributed by atoms with E-state index < -0.39 is 5.97 Å². The zero-order valence-electron chi connectivity index (χ0n) is 16.6. The molecule has 1 heterocycles. The van der Waals surface area contributed by atoms with Crippen molar-refractivity contribution in [1.82, 2.24) is 0 Å². The highest BCUT2D eigenvalue weighted by Gasteiger charge is 2.34. The third-order valence-corrected chi connectivity index (χ3v) is 4.87. The number of benzene rings is 2. The van der Waals surface area contributed by atoms with E-state index >= 15 is 0 Å². The number of esters is 1. The molecule has 0 unspecified atom stereocenters. The number of aryl methyl sites for hydroxylation is 3. The molecule has 0 saturated carbocycles. The zero-order valence-corrected chi connectivity index (χ0v) is 16.6. The van der Waals surface area contributed by atoms with Gasteiger partial charge < -0.3 is 4.74 Å². The van der Waals surface area contributed by atoms with Crippen molar-refractivity contribution in [3.05, 3.63) is 58.7 Å². The fraction of sp³-hybridized carbons (Fsp3) is 0.318. The molecule has 0 fully saturated rings. The Bertz CT molecular complexity index is 952. The number of anilines is 2. The topological polar surface area (TPSA) is 66.9 Å². The molecule has 3 rings (SSSR count). The molecule has 0 spiro atoms. The van der Waals surface area contributed by atoms with E-state index in [-0.39, 0.29) is 31.5 Å². The number of carbonyl (C=O) groups excluding carboxylic acids is 3. The lowest BCUT2D eigenvalue weighted by molar-refractivity contribution is -0.142. The largest absolute Gasteiger partial charge is 0.465 e. The van der Waals surface area contributed by atoms with E-state index in [4.69, 9.17) is 4.74 Å². The average Bonchev–Trinajstić information content (AvgIpc) is 2.65. The highest BCUT2D eigenvalue weighted by Crippen LogP contribution is 2.36. The summed E-state index contributed by atoms with van der Waals surface area (Å²) in [5, 5.41) is 0. The quantitative estimate of drug-likeness (QED) is 0.764. The first-order valence-electron chi connectivity index (χ1n) is 9.27. The molecule has 0 N–H and O–H groups in total. The van der Waals surface area contributed by atoms with Crippen LogP contribution in [-0.4, -0.2) is 37.5 Å². The summed E-state index contributed by atoms with van der Waals surface area (Å²) in [6, 6.07) is 11.0. The van der Waals surface area contributed by atoms with E-state index in [2.05, 4.69) is 0 Å². The molecule has 6 heteroatoms. The Morgan fingerprint density at radius 1 is 1.04 bits per heavy atom. The van der Waals surface area contributed by atoms with Crippen molar-refractivity contribution in [1.29, 1.82) is 0 Å². The molecule has 0 aliphatic carbocycles. The maximum Gasteiger partial charge on any atom is 0.326 e. The van der Waals surface area contributed by atoms with Gasteiger partial charge in [0.2, 0.25) is 5.91 Å². The van der Waals surface area contributed by atoms with Crippen molar-refractivity contribution < 1.29 is 19.1 Å². The second-order valence-electron chi connectivity index (χ2n) is 6.97. The number of fused-ring (bicyclic) bond motifs is 1. The van der Waals surface area contributed by atoms with Gasteiger partial charge in [-0.05, 0) is 63.1 Å². The Kier molecular flexibility index (Phi) is 5.49. The first-order valence-corrected chi connectivity index (χ1v) is 9.27. The molecule has 6 nitrogen and oxygen atoms in total. The van der Waals surface area contributed by atoms with Crippen LogP contribution in [0.15, 0.2) is 36.4 Å². The Balaban J connectivity index is 2.05. The van der Waals surface area contributed by atoms with Gasteiger partial charge in [0.25, 0.3) is 5.91 Å². The van der Waals surface area contributed by atoms with Crippen molar-refractivity contribution in [2.24, 2.45) is 0 Å². The summed E-state index contributed by atoms with van der Waals surface area (Å²) < 4.78 is 5.01. The minimum atomic E-state index is -0.474. The van der Waals surface area contributed by atoms with E-state index in [1.807, 2.05) is 45.0 Å². The van der Waals surface area contributed by atoms with Crippen LogP contribution in [0.5, 0.6) is 0 Å². The van der Waals surface area contributed by atoms with Crippen molar-refractivity contribution in [3.8, 4) is 0 Å². The monoisotopic (exact) mass is 380 g/mol. The van der Waals surface area contributed by atoms with Crippen LogP contribution in [0.3, 0.4) is 0 Å². The lowest BCUT2D eigenvalue weighted by Gasteiger charge is -2.36. The minimum Gasteiger partial charge on any atom is -0.465 e. The van der Waals surface area contributed by atoms with Crippen LogP contribution in [-0.2, 0) is 14.3 Å². The zero-order chi connectivity index (χ0) is 20.4. The molecule has 0 aromatic heterocycles. The van der Waals surface area contributed by atoms with E-state index in [0.717, 1.165) is 16.7 Å².